The summed E-state index contributed by atoms with van der Waals surface area (Å²) >= 11 is 0. The van der Waals surface area contributed by atoms with Crippen molar-refractivity contribution in [1.82, 2.24) is 0 Å². The van der Waals surface area contributed by atoms with Crippen molar-refractivity contribution in [3.05, 3.63) is 12.2 Å². The van der Waals surface area contributed by atoms with E-state index in [2.05, 4.69) is 26.0 Å². The number of ether oxygens (including phenoxy) is 2. The minimum atomic E-state index is -0.764. The highest BCUT2D eigenvalue weighted by atomic mass is 16.6. The lowest BCUT2D eigenvalue weighted by Crippen LogP contribution is -2.28. The lowest BCUT2D eigenvalue weighted by Gasteiger charge is -2.15. The maximum atomic E-state index is 12.0. The average molecular weight is 497 g/mol. The highest BCUT2D eigenvalue weighted by Crippen LogP contribution is 2.11. The number of esters is 2. The number of allylic oxidation sites excluding steroid dienone is 2. The van der Waals surface area contributed by atoms with Gasteiger partial charge in [-0.3, -0.25) is 9.59 Å². The Morgan fingerprint density at radius 1 is 0.629 bits per heavy atom. The van der Waals surface area contributed by atoms with Gasteiger partial charge in [0.25, 0.3) is 0 Å². The molecule has 0 radical (unpaired) electrons. The number of aliphatic hydroxyl groups is 1. The Bertz CT molecular complexity index is 503. The van der Waals surface area contributed by atoms with Gasteiger partial charge in [0.2, 0.25) is 0 Å². The third-order valence-corrected chi connectivity index (χ3v) is 6.31. The molecule has 1 N–H and O–H groups in total. The maximum absolute atomic E-state index is 12.0. The third-order valence-electron chi connectivity index (χ3n) is 6.31. The van der Waals surface area contributed by atoms with Crippen molar-refractivity contribution in [2.45, 2.75) is 155 Å². The zero-order valence-electron chi connectivity index (χ0n) is 23.1. The number of carbonyl (C=O) groups excluding carboxylic acids is 2. The summed E-state index contributed by atoms with van der Waals surface area (Å²) in [5.74, 6) is -0.608. The zero-order valence-corrected chi connectivity index (χ0v) is 23.1. The van der Waals surface area contributed by atoms with Gasteiger partial charge in [0.15, 0.2) is 6.10 Å². The molecule has 0 fully saturated rings. The number of unbranched alkanes of at least 4 members (excludes halogenated alkanes) is 16. The predicted molar refractivity (Wildman–Crippen MR) is 145 cm³/mol. The number of hydrogen-bond donors (Lipinski definition) is 1. The molecule has 0 amide bonds. The molecular weight excluding hydrogens is 440 g/mol. The van der Waals surface area contributed by atoms with Crippen LogP contribution in [0.5, 0.6) is 0 Å². The van der Waals surface area contributed by atoms with Gasteiger partial charge in [0.1, 0.15) is 6.61 Å². The SMILES string of the molecule is CCCCCCC/C=C/CCCCCCCCC(=O)O[C@@H](CO)COC(=O)CCCCCCCC. The maximum Gasteiger partial charge on any atom is 0.306 e. The van der Waals surface area contributed by atoms with Crippen LogP contribution in [0.1, 0.15) is 149 Å². The van der Waals surface area contributed by atoms with E-state index in [4.69, 9.17) is 9.47 Å². The molecule has 0 aliphatic heterocycles. The van der Waals surface area contributed by atoms with E-state index < -0.39 is 6.10 Å². The molecule has 0 spiro atoms. The van der Waals surface area contributed by atoms with Gasteiger partial charge in [-0.2, -0.15) is 0 Å². The standard InChI is InChI=1S/C30H56O5/c1-3-5-7-9-11-12-13-14-15-16-17-18-19-21-23-25-30(33)35-28(26-31)27-34-29(32)24-22-20-10-8-6-4-2/h13-14,28,31H,3-12,15-27H2,1-2H3/b14-13+/t28-/m0/s1. The molecule has 0 unspecified atom stereocenters. The van der Waals surface area contributed by atoms with E-state index in [9.17, 15) is 14.7 Å². The summed E-state index contributed by atoms with van der Waals surface area (Å²) in [5, 5.41) is 9.41. The van der Waals surface area contributed by atoms with Crippen molar-refractivity contribution in [3.63, 3.8) is 0 Å². The number of hydrogen-bond acceptors (Lipinski definition) is 5. The minimum absolute atomic E-state index is 0.0653. The van der Waals surface area contributed by atoms with Crippen molar-refractivity contribution >= 4 is 11.9 Å². The van der Waals surface area contributed by atoms with Gasteiger partial charge in [-0.25, -0.2) is 0 Å². The molecule has 0 aliphatic carbocycles. The Balaban J connectivity index is 3.58. The number of aliphatic hydroxyl groups excluding tert-OH is 1. The van der Waals surface area contributed by atoms with Crippen LogP contribution in [-0.2, 0) is 19.1 Å². The summed E-state index contributed by atoms with van der Waals surface area (Å²) in [6, 6.07) is 0. The van der Waals surface area contributed by atoms with Crippen LogP contribution in [0.25, 0.3) is 0 Å². The average Bonchev–Trinajstić information content (AvgIpc) is 2.86. The van der Waals surface area contributed by atoms with E-state index in [1.165, 1.54) is 83.5 Å². The lowest BCUT2D eigenvalue weighted by atomic mass is 10.1. The monoisotopic (exact) mass is 496 g/mol. The van der Waals surface area contributed by atoms with Crippen molar-refractivity contribution in [3.8, 4) is 0 Å². The Hall–Kier alpha value is -1.36. The first kappa shape index (κ1) is 33.6. The number of carbonyl (C=O) groups is 2. The zero-order chi connectivity index (χ0) is 25.8. The highest BCUT2D eigenvalue weighted by Gasteiger charge is 2.16. The first-order valence-electron chi connectivity index (χ1n) is 14.7. The van der Waals surface area contributed by atoms with Crippen LogP contribution < -0.4 is 0 Å². The second-order valence-corrected chi connectivity index (χ2v) is 9.83. The summed E-state index contributed by atoms with van der Waals surface area (Å²) in [7, 11) is 0. The molecule has 206 valence electrons. The smallest absolute Gasteiger partial charge is 0.306 e. The molecule has 0 aromatic heterocycles. The first-order valence-corrected chi connectivity index (χ1v) is 14.7. The van der Waals surface area contributed by atoms with E-state index in [1.54, 1.807) is 0 Å². The van der Waals surface area contributed by atoms with Gasteiger partial charge >= 0.3 is 11.9 Å². The van der Waals surface area contributed by atoms with Crippen molar-refractivity contribution in [2.24, 2.45) is 0 Å². The lowest BCUT2D eigenvalue weighted by molar-refractivity contribution is -0.161. The molecule has 0 heterocycles. The molecule has 5 heteroatoms. The van der Waals surface area contributed by atoms with Crippen molar-refractivity contribution in [1.29, 1.82) is 0 Å². The van der Waals surface area contributed by atoms with E-state index >= 15 is 0 Å². The van der Waals surface area contributed by atoms with Gasteiger partial charge in [-0.05, 0) is 38.5 Å². The van der Waals surface area contributed by atoms with Gasteiger partial charge in [-0.15, -0.1) is 0 Å². The van der Waals surface area contributed by atoms with Crippen LogP contribution in [0.4, 0.5) is 0 Å². The van der Waals surface area contributed by atoms with Gasteiger partial charge in [0, 0.05) is 12.8 Å². The Kier molecular flexibility index (Phi) is 26.2. The van der Waals surface area contributed by atoms with Crippen LogP contribution in [0.3, 0.4) is 0 Å². The summed E-state index contributed by atoms with van der Waals surface area (Å²) < 4.78 is 10.4. The normalized spacial score (nSPS) is 12.2. The highest BCUT2D eigenvalue weighted by molar-refractivity contribution is 5.70. The molecule has 0 aromatic carbocycles. The minimum Gasteiger partial charge on any atom is -0.462 e. The predicted octanol–water partition coefficient (Wildman–Crippen LogP) is 8.22. The second kappa shape index (κ2) is 27.2. The van der Waals surface area contributed by atoms with Gasteiger partial charge in [0.05, 0.1) is 6.61 Å². The summed E-state index contributed by atoms with van der Waals surface area (Å²) in [6.45, 7) is 4.04. The van der Waals surface area contributed by atoms with E-state index in [-0.39, 0.29) is 25.2 Å². The van der Waals surface area contributed by atoms with Crippen LogP contribution in [0, 0.1) is 0 Å². The Labute approximate surface area is 216 Å². The largest absolute Gasteiger partial charge is 0.462 e. The molecule has 0 saturated heterocycles. The fourth-order valence-electron chi connectivity index (χ4n) is 4.02. The van der Waals surface area contributed by atoms with Crippen molar-refractivity contribution in [2.75, 3.05) is 13.2 Å². The van der Waals surface area contributed by atoms with Gasteiger partial charge < -0.3 is 14.6 Å². The molecule has 0 aromatic rings. The van der Waals surface area contributed by atoms with Gasteiger partial charge in [-0.1, -0.05) is 109 Å². The Morgan fingerprint density at radius 3 is 1.54 bits per heavy atom. The van der Waals surface area contributed by atoms with E-state index in [1.807, 2.05) is 0 Å². The molecule has 1 atom stereocenters. The van der Waals surface area contributed by atoms with Crippen LogP contribution in [0.2, 0.25) is 0 Å². The topological polar surface area (TPSA) is 72.8 Å². The summed E-state index contributed by atoms with van der Waals surface area (Å²) in [5.41, 5.74) is 0. The molecule has 0 saturated carbocycles. The molecule has 0 bridgehead atoms. The summed E-state index contributed by atoms with van der Waals surface area (Å²) in [4.78, 5) is 23.8. The molecule has 35 heavy (non-hydrogen) atoms. The molecule has 0 aliphatic rings. The van der Waals surface area contributed by atoms with E-state index in [0.29, 0.717) is 12.8 Å². The quantitative estimate of drug-likeness (QED) is 0.0741. The van der Waals surface area contributed by atoms with Crippen LogP contribution in [0.15, 0.2) is 12.2 Å². The first-order chi connectivity index (χ1) is 17.1. The molecule has 0 rings (SSSR count). The fraction of sp³-hybridized carbons (Fsp3) is 0.867. The second-order valence-electron chi connectivity index (χ2n) is 9.83. The van der Waals surface area contributed by atoms with Crippen LogP contribution in [-0.4, -0.2) is 36.4 Å². The molecular formula is C30H56O5. The van der Waals surface area contributed by atoms with E-state index in [0.717, 1.165) is 38.5 Å². The summed E-state index contributed by atoms with van der Waals surface area (Å²) in [6.07, 6.45) is 27.1. The third kappa shape index (κ3) is 25.5. The number of rotatable bonds is 26. The van der Waals surface area contributed by atoms with Crippen LogP contribution >= 0.6 is 0 Å². The van der Waals surface area contributed by atoms with Crippen molar-refractivity contribution < 1.29 is 24.2 Å². The Morgan fingerprint density at radius 2 is 1.06 bits per heavy atom. The fourth-order valence-corrected chi connectivity index (χ4v) is 4.02. The molecule has 5 nitrogen and oxygen atoms in total.